The molecule has 1 heterocycles. The third-order valence-electron chi connectivity index (χ3n) is 5.86. The van der Waals surface area contributed by atoms with Crippen molar-refractivity contribution in [2.45, 2.75) is 31.6 Å². The van der Waals surface area contributed by atoms with Crippen molar-refractivity contribution in [2.24, 2.45) is 0 Å². The molecule has 0 saturated heterocycles. The highest BCUT2D eigenvalue weighted by molar-refractivity contribution is 7.89. The van der Waals surface area contributed by atoms with E-state index in [-0.39, 0.29) is 18.0 Å². The topological polar surface area (TPSA) is 84.3 Å². The van der Waals surface area contributed by atoms with Gasteiger partial charge >= 0.3 is 0 Å². The van der Waals surface area contributed by atoms with E-state index in [1.54, 1.807) is 42.5 Å². The van der Waals surface area contributed by atoms with Crippen LogP contribution in [-0.2, 0) is 14.8 Å². The van der Waals surface area contributed by atoms with Crippen LogP contribution in [0.15, 0.2) is 89.8 Å². The molecule has 0 fully saturated rings. The predicted molar refractivity (Wildman–Crippen MR) is 142 cm³/mol. The fourth-order valence-electron chi connectivity index (χ4n) is 3.82. The molecule has 0 saturated carbocycles. The molecule has 0 radical (unpaired) electrons. The van der Waals surface area contributed by atoms with Gasteiger partial charge in [0.2, 0.25) is 15.9 Å². The molecule has 0 aliphatic heterocycles. The van der Waals surface area contributed by atoms with Crippen molar-refractivity contribution in [3.63, 3.8) is 0 Å². The van der Waals surface area contributed by atoms with Gasteiger partial charge in [0.05, 0.1) is 22.8 Å². The summed E-state index contributed by atoms with van der Waals surface area (Å²) in [5.74, 6) is -0.550. The second-order valence-corrected chi connectivity index (χ2v) is 10.7. The van der Waals surface area contributed by atoms with E-state index in [0.29, 0.717) is 23.6 Å². The number of rotatable bonds is 10. The molecule has 4 rings (SSSR count). The molecule has 192 valence electrons. The zero-order chi connectivity index (χ0) is 26.4. The molecule has 0 aliphatic carbocycles. The Morgan fingerprint density at radius 1 is 1.00 bits per heavy atom. The number of unbranched alkanes of at least 4 members (excludes halogenated alkanes) is 1. The number of nitrogens with one attached hydrogen (secondary N) is 1. The number of benzene rings is 3. The Morgan fingerprint density at radius 3 is 2.32 bits per heavy atom. The Bertz CT molecular complexity index is 1450. The molecule has 1 N–H and O–H groups in total. The Labute approximate surface area is 216 Å². The monoisotopic (exact) mass is 520 g/mol. The molecule has 0 unspecified atom stereocenters. The molecular formula is C28H29FN4O3S. The van der Waals surface area contributed by atoms with Crippen LogP contribution in [0, 0.1) is 12.7 Å². The molecule has 0 bridgehead atoms. The lowest BCUT2D eigenvalue weighted by Crippen LogP contribution is -2.38. The van der Waals surface area contributed by atoms with E-state index in [0.717, 1.165) is 17.5 Å². The number of hydrogen-bond acceptors (Lipinski definition) is 4. The summed E-state index contributed by atoms with van der Waals surface area (Å²) in [7, 11) is -3.87. The Balaban J connectivity index is 1.63. The van der Waals surface area contributed by atoms with Gasteiger partial charge < -0.3 is 5.32 Å². The lowest BCUT2D eigenvalue weighted by atomic mass is 10.2. The summed E-state index contributed by atoms with van der Waals surface area (Å²) in [4.78, 5) is 13.3. The predicted octanol–water partition coefficient (Wildman–Crippen LogP) is 5.42. The van der Waals surface area contributed by atoms with Gasteiger partial charge in [-0.25, -0.2) is 17.5 Å². The van der Waals surface area contributed by atoms with Crippen molar-refractivity contribution in [2.75, 3.05) is 18.4 Å². The fourth-order valence-corrected chi connectivity index (χ4v) is 5.25. The van der Waals surface area contributed by atoms with Gasteiger partial charge in [-0.3, -0.25) is 4.79 Å². The molecule has 0 atom stereocenters. The molecule has 3 aromatic carbocycles. The molecule has 0 aliphatic rings. The number of carbonyl (C=O) groups is 1. The Morgan fingerprint density at radius 2 is 1.68 bits per heavy atom. The van der Waals surface area contributed by atoms with Crippen LogP contribution in [0.2, 0.25) is 0 Å². The van der Waals surface area contributed by atoms with Gasteiger partial charge in [0.15, 0.2) is 0 Å². The van der Waals surface area contributed by atoms with E-state index in [1.807, 2.05) is 44.2 Å². The van der Waals surface area contributed by atoms with Crippen LogP contribution < -0.4 is 5.32 Å². The van der Waals surface area contributed by atoms with E-state index in [2.05, 4.69) is 10.4 Å². The molecular weight excluding hydrogens is 491 g/mol. The first-order valence-corrected chi connectivity index (χ1v) is 13.5. The third kappa shape index (κ3) is 6.31. The Kier molecular flexibility index (Phi) is 8.15. The summed E-state index contributed by atoms with van der Waals surface area (Å²) in [6.45, 7) is 3.70. The zero-order valence-electron chi connectivity index (χ0n) is 20.8. The van der Waals surface area contributed by atoms with Gasteiger partial charge in [0.1, 0.15) is 11.6 Å². The second kappa shape index (κ2) is 11.5. The lowest BCUT2D eigenvalue weighted by Gasteiger charge is -2.22. The average molecular weight is 521 g/mol. The van der Waals surface area contributed by atoms with Crippen LogP contribution in [0.1, 0.15) is 25.3 Å². The fraction of sp³-hybridized carbons (Fsp3) is 0.214. The van der Waals surface area contributed by atoms with E-state index < -0.39 is 21.7 Å². The molecule has 4 aromatic rings. The van der Waals surface area contributed by atoms with Crippen molar-refractivity contribution >= 4 is 21.7 Å². The van der Waals surface area contributed by atoms with Crippen molar-refractivity contribution in [1.29, 1.82) is 0 Å². The normalized spacial score (nSPS) is 11.6. The zero-order valence-corrected chi connectivity index (χ0v) is 21.6. The number of amides is 1. The maximum Gasteiger partial charge on any atom is 0.243 e. The maximum absolute atomic E-state index is 13.5. The van der Waals surface area contributed by atoms with E-state index in [4.69, 9.17) is 0 Å². The number of sulfonamides is 1. The van der Waals surface area contributed by atoms with Crippen LogP contribution in [0.3, 0.4) is 0 Å². The van der Waals surface area contributed by atoms with Crippen molar-refractivity contribution in [3.8, 4) is 16.9 Å². The minimum absolute atomic E-state index is 0.143. The number of aryl methyl sites for hydroxylation is 1. The molecule has 37 heavy (non-hydrogen) atoms. The number of aromatic nitrogens is 2. The van der Waals surface area contributed by atoms with Crippen LogP contribution in [0.4, 0.5) is 10.2 Å². The van der Waals surface area contributed by atoms with Crippen molar-refractivity contribution < 1.29 is 17.6 Å². The molecule has 1 aromatic heterocycles. The highest BCUT2D eigenvalue weighted by atomic mass is 32.2. The van der Waals surface area contributed by atoms with Gasteiger partial charge in [-0.15, -0.1) is 0 Å². The van der Waals surface area contributed by atoms with Crippen LogP contribution in [0.25, 0.3) is 16.9 Å². The average Bonchev–Trinajstić information content (AvgIpc) is 3.31. The van der Waals surface area contributed by atoms with Crippen molar-refractivity contribution in [1.82, 2.24) is 14.1 Å². The van der Waals surface area contributed by atoms with E-state index in [9.17, 15) is 17.6 Å². The van der Waals surface area contributed by atoms with Crippen molar-refractivity contribution in [3.05, 3.63) is 96.3 Å². The summed E-state index contributed by atoms with van der Waals surface area (Å²) < 4.78 is 42.9. The second-order valence-electron chi connectivity index (χ2n) is 8.72. The Hall–Kier alpha value is -3.82. The van der Waals surface area contributed by atoms with Gasteiger partial charge in [-0.2, -0.15) is 9.40 Å². The maximum atomic E-state index is 13.5. The first kappa shape index (κ1) is 26.2. The number of nitrogens with zero attached hydrogens (tertiary/aromatic N) is 3. The smallest absolute Gasteiger partial charge is 0.243 e. The third-order valence-corrected chi connectivity index (χ3v) is 7.72. The van der Waals surface area contributed by atoms with Crippen LogP contribution >= 0.6 is 0 Å². The van der Waals surface area contributed by atoms with E-state index >= 15 is 0 Å². The minimum Gasteiger partial charge on any atom is -0.309 e. The number of carbonyl (C=O) groups excluding carboxylic acids is 1. The highest BCUT2D eigenvalue weighted by Gasteiger charge is 2.27. The summed E-state index contributed by atoms with van der Waals surface area (Å²) in [6.07, 6.45) is 1.39. The SMILES string of the molecule is CCCCN(CC(=O)Nc1cc(-c2ccccc2)nn1-c1ccc(F)cc1)S(=O)(=O)c1ccc(C)cc1. The summed E-state index contributed by atoms with van der Waals surface area (Å²) in [5, 5.41) is 7.43. The van der Waals surface area contributed by atoms with Gasteiger partial charge in [-0.05, 0) is 49.7 Å². The summed E-state index contributed by atoms with van der Waals surface area (Å²) in [5.41, 5.74) is 2.94. The van der Waals surface area contributed by atoms with Gasteiger partial charge in [0, 0.05) is 18.2 Å². The largest absolute Gasteiger partial charge is 0.309 e. The summed E-state index contributed by atoms with van der Waals surface area (Å²) in [6, 6.07) is 23.5. The number of hydrogen-bond donors (Lipinski definition) is 1. The van der Waals surface area contributed by atoms with Gasteiger partial charge in [0.25, 0.3) is 0 Å². The number of halogens is 1. The van der Waals surface area contributed by atoms with Crippen LogP contribution in [-0.4, -0.2) is 41.5 Å². The lowest BCUT2D eigenvalue weighted by molar-refractivity contribution is -0.116. The van der Waals surface area contributed by atoms with E-state index in [1.165, 1.54) is 21.1 Å². The molecule has 1 amide bonds. The number of anilines is 1. The quantitative estimate of drug-likeness (QED) is 0.303. The molecule has 9 heteroatoms. The minimum atomic E-state index is -3.87. The molecule has 7 nitrogen and oxygen atoms in total. The summed E-state index contributed by atoms with van der Waals surface area (Å²) >= 11 is 0. The van der Waals surface area contributed by atoms with Crippen LogP contribution in [0.5, 0.6) is 0 Å². The first-order valence-electron chi connectivity index (χ1n) is 12.1. The first-order chi connectivity index (χ1) is 17.8. The highest BCUT2D eigenvalue weighted by Crippen LogP contribution is 2.25. The molecule has 0 spiro atoms. The van der Waals surface area contributed by atoms with Gasteiger partial charge in [-0.1, -0.05) is 61.4 Å². The standard InChI is InChI=1S/C28H29FN4O3S/c1-3-4-18-32(37(35,36)25-16-10-21(2)11-17-25)20-28(34)30-27-19-26(22-8-6-5-7-9-22)31-33(27)24-14-12-23(29)13-15-24/h5-17,19H,3-4,18,20H2,1-2H3,(H,30,34).